The Bertz CT molecular complexity index is 778. The molecular formula is C19H17NO5. The summed E-state index contributed by atoms with van der Waals surface area (Å²) in [5.74, 6) is -0.685. The van der Waals surface area contributed by atoms with Gasteiger partial charge in [0.05, 0.1) is 23.4 Å². The van der Waals surface area contributed by atoms with E-state index in [0.717, 1.165) is 11.3 Å². The van der Waals surface area contributed by atoms with E-state index in [-0.39, 0.29) is 18.4 Å². The highest BCUT2D eigenvalue weighted by Gasteiger charge is 2.36. The molecule has 0 aromatic heterocycles. The van der Waals surface area contributed by atoms with Gasteiger partial charge in [-0.25, -0.2) is 9.69 Å². The largest absolute Gasteiger partial charge is 0.482 e. The van der Waals surface area contributed by atoms with E-state index in [9.17, 15) is 14.4 Å². The predicted molar refractivity (Wildman–Crippen MR) is 90.8 cm³/mol. The molecule has 0 saturated heterocycles. The van der Waals surface area contributed by atoms with Crippen LogP contribution in [0, 0.1) is 0 Å². The lowest BCUT2D eigenvalue weighted by Crippen LogP contribution is -2.29. The van der Waals surface area contributed by atoms with E-state index in [1.54, 1.807) is 48.5 Å². The summed E-state index contributed by atoms with van der Waals surface area (Å²) in [4.78, 5) is 37.4. The first-order valence-corrected chi connectivity index (χ1v) is 7.98. The number of benzene rings is 2. The van der Waals surface area contributed by atoms with E-state index in [4.69, 9.17) is 9.47 Å². The normalized spacial score (nSPS) is 12.9. The number of anilines is 1. The molecule has 1 aliphatic heterocycles. The van der Waals surface area contributed by atoms with Crippen molar-refractivity contribution in [2.45, 2.75) is 13.3 Å². The Balaban J connectivity index is 1.68. The second kappa shape index (κ2) is 7.17. The molecule has 0 spiro atoms. The van der Waals surface area contributed by atoms with Crippen molar-refractivity contribution in [1.82, 2.24) is 0 Å². The van der Waals surface area contributed by atoms with Crippen LogP contribution in [-0.4, -0.2) is 31.0 Å². The minimum Gasteiger partial charge on any atom is -0.482 e. The van der Waals surface area contributed by atoms with Gasteiger partial charge in [-0.1, -0.05) is 19.1 Å². The van der Waals surface area contributed by atoms with E-state index in [1.807, 2.05) is 6.92 Å². The first-order valence-electron chi connectivity index (χ1n) is 7.98. The summed E-state index contributed by atoms with van der Waals surface area (Å²) in [7, 11) is 0. The number of amides is 2. The molecule has 25 heavy (non-hydrogen) atoms. The fraction of sp³-hybridized carbons (Fsp3) is 0.211. The van der Waals surface area contributed by atoms with E-state index in [2.05, 4.69) is 0 Å². The highest BCUT2D eigenvalue weighted by atomic mass is 16.6. The van der Waals surface area contributed by atoms with E-state index in [0.29, 0.717) is 29.2 Å². The zero-order valence-electron chi connectivity index (χ0n) is 13.7. The molecule has 6 nitrogen and oxygen atoms in total. The van der Waals surface area contributed by atoms with Gasteiger partial charge in [0.2, 0.25) is 0 Å². The number of ether oxygens (including phenoxy) is 2. The summed E-state index contributed by atoms with van der Waals surface area (Å²) in [6, 6.07) is 13.1. The number of carbonyl (C=O) groups is 3. The molecule has 0 saturated carbocycles. The van der Waals surface area contributed by atoms with Gasteiger partial charge in [0.15, 0.2) is 6.61 Å². The summed E-state index contributed by atoms with van der Waals surface area (Å²) >= 11 is 0. The van der Waals surface area contributed by atoms with Gasteiger partial charge in [-0.05, 0) is 42.8 Å². The first-order chi connectivity index (χ1) is 12.1. The molecule has 2 aromatic carbocycles. The van der Waals surface area contributed by atoms with Crippen molar-refractivity contribution in [3.05, 3.63) is 59.7 Å². The highest BCUT2D eigenvalue weighted by Crippen LogP contribution is 2.29. The van der Waals surface area contributed by atoms with Crippen LogP contribution < -0.4 is 9.64 Å². The average molecular weight is 339 g/mol. The van der Waals surface area contributed by atoms with E-state index >= 15 is 0 Å². The third kappa shape index (κ3) is 3.38. The summed E-state index contributed by atoms with van der Waals surface area (Å²) in [6.45, 7) is 2.08. The maximum atomic E-state index is 12.4. The van der Waals surface area contributed by atoms with Crippen LogP contribution in [0.3, 0.4) is 0 Å². The molecule has 3 rings (SSSR count). The van der Waals surface area contributed by atoms with Crippen LogP contribution >= 0.6 is 0 Å². The van der Waals surface area contributed by atoms with Crippen molar-refractivity contribution in [3.63, 3.8) is 0 Å². The van der Waals surface area contributed by atoms with Crippen LogP contribution in [0.25, 0.3) is 0 Å². The van der Waals surface area contributed by atoms with Crippen molar-refractivity contribution in [2.24, 2.45) is 0 Å². The van der Waals surface area contributed by atoms with E-state index < -0.39 is 5.97 Å². The molecule has 0 aliphatic carbocycles. The molecule has 6 heteroatoms. The Hall–Kier alpha value is -3.15. The minimum absolute atomic E-state index is 0.188. The van der Waals surface area contributed by atoms with Gasteiger partial charge in [-0.3, -0.25) is 9.59 Å². The zero-order valence-corrected chi connectivity index (χ0v) is 13.7. The van der Waals surface area contributed by atoms with Crippen molar-refractivity contribution < 1.29 is 23.9 Å². The van der Waals surface area contributed by atoms with Gasteiger partial charge in [-0.15, -0.1) is 0 Å². The quantitative estimate of drug-likeness (QED) is 0.598. The SMILES string of the molecule is CCCOC(=O)COc1ccc(N2C(=O)c3ccccc3C2=O)cc1. The van der Waals surface area contributed by atoms with Crippen LogP contribution in [0.2, 0.25) is 0 Å². The average Bonchev–Trinajstić information content (AvgIpc) is 2.90. The Morgan fingerprint density at radius 1 is 0.960 bits per heavy atom. The summed E-state index contributed by atoms with van der Waals surface area (Å²) in [5.41, 5.74) is 1.24. The third-order valence-corrected chi connectivity index (χ3v) is 3.71. The molecule has 2 aromatic rings. The highest BCUT2D eigenvalue weighted by molar-refractivity contribution is 6.34. The number of imide groups is 1. The number of hydrogen-bond donors (Lipinski definition) is 0. The molecule has 0 fully saturated rings. The molecule has 1 aliphatic rings. The molecular weight excluding hydrogens is 322 g/mol. The second-order valence-corrected chi connectivity index (χ2v) is 5.49. The van der Waals surface area contributed by atoms with Crippen LogP contribution in [0.4, 0.5) is 5.69 Å². The second-order valence-electron chi connectivity index (χ2n) is 5.49. The fourth-order valence-electron chi connectivity index (χ4n) is 2.52. The molecule has 1 heterocycles. The number of carbonyl (C=O) groups excluding carboxylic acids is 3. The van der Waals surface area contributed by atoms with Crippen LogP contribution in [-0.2, 0) is 9.53 Å². The molecule has 2 amide bonds. The maximum absolute atomic E-state index is 12.4. The first kappa shape index (κ1) is 16.7. The van der Waals surface area contributed by atoms with Crippen molar-refractivity contribution >= 4 is 23.5 Å². The van der Waals surface area contributed by atoms with Crippen molar-refractivity contribution in [3.8, 4) is 5.75 Å². The molecule has 0 radical (unpaired) electrons. The predicted octanol–water partition coefficient (Wildman–Crippen LogP) is 2.82. The molecule has 128 valence electrons. The summed E-state index contributed by atoms with van der Waals surface area (Å²) in [5, 5.41) is 0. The van der Waals surface area contributed by atoms with Crippen LogP contribution in [0.15, 0.2) is 48.5 Å². The lowest BCUT2D eigenvalue weighted by atomic mass is 10.1. The van der Waals surface area contributed by atoms with Crippen molar-refractivity contribution in [1.29, 1.82) is 0 Å². The van der Waals surface area contributed by atoms with Gasteiger partial charge in [0, 0.05) is 0 Å². The Kier molecular flexibility index (Phi) is 4.79. The van der Waals surface area contributed by atoms with Crippen LogP contribution in [0.5, 0.6) is 5.75 Å². The maximum Gasteiger partial charge on any atom is 0.344 e. The Morgan fingerprint density at radius 2 is 1.56 bits per heavy atom. The smallest absolute Gasteiger partial charge is 0.344 e. The zero-order chi connectivity index (χ0) is 17.8. The molecule has 0 N–H and O–H groups in total. The number of fused-ring (bicyclic) bond motifs is 1. The number of hydrogen-bond acceptors (Lipinski definition) is 5. The number of nitrogens with zero attached hydrogens (tertiary/aromatic N) is 1. The van der Waals surface area contributed by atoms with Gasteiger partial charge < -0.3 is 9.47 Å². The van der Waals surface area contributed by atoms with Crippen molar-refractivity contribution in [2.75, 3.05) is 18.1 Å². The Morgan fingerprint density at radius 3 is 2.12 bits per heavy atom. The molecule has 0 bridgehead atoms. The monoisotopic (exact) mass is 339 g/mol. The topological polar surface area (TPSA) is 72.9 Å². The number of esters is 1. The lowest BCUT2D eigenvalue weighted by Gasteiger charge is -2.14. The standard InChI is InChI=1S/C19H17NO5/c1-2-11-24-17(21)12-25-14-9-7-13(8-10-14)20-18(22)15-5-3-4-6-16(15)19(20)23/h3-10H,2,11-12H2,1H3. The van der Waals surface area contributed by atoms with Gasteiger partial charge in [0.1, 0.15) is 5.75 Å². The van der Waals surface area contributed by atoms with Crippen LogP contribution in [0.1, 0.15) is 34.1 Å². The van der Waals surface area contributed by atoms with Gasteiger partial charge in [0.25, 0.3) is 11.8 Å². The lowest BCUT2D eigenvalue weighted by molar-refractivity contribution is -0.146. The molecule has 0 atom stereocenters. The van der Waals surface area contributed by atoms with Gasteiger partial charge in [-0.2, -0.15) is 0 Å². The Labute approximate surface area is 145 Å². The third-order valence-electron chi connectivity index (χ3n) is 3.71. The fourth-order valence-corrected chi connectivity index (χ4v) is 2.52. The minimum atomic E-state index is -0.439. The molecule has 0 unspecified atom stereocenters. The van der Waals surface area contributed by atoms with E-state index in [1.165, 1.54) is 0 Å². The number of rotatable bonds is 6. The summed E-state index contributed by atoms with van der Waals surface area (Å²) < 4.78 is 10.3. The summed E-state index contributed by atoms with van der Waals surface area (Å²) in [6.07, 6.45) is 0.751. The van der Waals surface area contributed by atoms with Gasteiger partial charge >= 0.3 is 5.97 Å².